The van der Waals surface area contributed by atoms with Gasteiger partial charge in [0.25, 0.3) is 0 Å². The highest BCUT2D eigenvalue weighted by Crippen LogP contribution is 2.59. The lowest BCUT2D eigenvalue weighted by Crippen LogP contribution is -2.54. The van der Waals surface area contributed by atoms with Gasteiger partial charge in [0.2, 0.25) is 5.91 Å². The summed E-state index contributed by atoms with van der Waals surface area (Å²) in [6.45, 7) is 8.25. The molecule has 2 heterocycles. The second-order valence-corrected chi connectivity index (χ2v) is 7.97. The number of nitrogens with one attached hydrogen (secondary N) is 1. The molecule has 2 aliphatic heterocycles. The molecule has 0 aromatic heterocycles. The molecule has 1 unspecified atom stereocenters. The molecule has 0 radical (unpaired) electrons. The summed E-state index contributed by atoms with van der Waals surface area (Å²) in [5.74, 6) is 0.742. The number of nitrogens with zero attached hydrogens (tertiary/aromatic N) is 2. The van der Waals surface area contributed by atoms with Crippen molar-refractivity contribution < 1.29 is 4.79 Å². The monoisotopic (exact) mass is 327 g/mol. The Hall–Kier alpha value is -1.39. The maximum atomic E-state index is 13.0. The van der Waals surface area contributed by atoms with Crippen molar-refractivity contribution in [1.82, 2.24) is 15.1 Å². The third kappa shape index (κ3) is 3.09. The molecular formula is C20H29N3O. The van der Waals surface area contributed by atoms with E-state index in [-0.39, 0.29) is 0 Å². The average molecular weight is 327 g/mol. The van der Waals surface area contributed by atoms with Crippen LogP contribution in [-0.4, -0.2) is 54.5 Å². The Kier molecular flexibility index (Phi) is 4.35. The van der Waals surface area contributed by atoms with Crippen LogP contribution in [0.2, 0.25) is 0 Å². The van der Waals surface area contributed by atoms with Crippen LogP contribution < -0.4 is 5.32 Å². The molecule has 24 heavy (non-hydrogen) atoms. The summed E-state index contributed by atoms with van der Waals surface area (Å²) in [5, 5.41) is 3.43. The van der Waals surface area contributed by atoms with Gasteiger partial charge in [-0.3, -0.25) is 9.69 Å². The van der Waals surface area contributed by atoms with E-state index in [1.54, 1.807) is 0 Å². The van der Waals surface area contributed by atoms with Crippen molar-refractivity contribution in [2.75, 3.05) is 32.7 Å². The standard InChI is InChI=1S/C20H29N3O/c1-16-14-22(15-17-5-3-2-4-6-17)11-12-23(16)19(24)18-13-20(18)7-9-21-10-8-20/h2-6,16,18,21H,7-15H2,1H3/t16-,18?/m1/s1. The summed E-state index contributed by atoms with van der Waals surface area (Å²) in [5.41, 5.74) is 1.71. The second kappa shape index (κ2) is 6.49. The number of benzene rings is 1. The number of carbonyl (C=O) groups is 1. The lowest BCUT2D eigenvalue weighted by atomic mass is 9.91. The number of hydrogen-bond donors (Lipinski definition) is 1. The molecule has 1 N–H and O–H groups in total. The van der Waals surface area contributed by atoms with Gasteiger partial charge in [0.05, 0.1) is 0 Å². The minimum atomic E-state index is 0.308. The molecule has 2 atom stereocenters. The van der Waals surface area contributed by atoms with Crippen molar-refractivity contribution in [3.05, 3.63) is 35.9 Å². The van der Waals surface area contributed by atoms with E-state index in [1.807, 2.05) is 0 Å². The summed E-state index contributed by atoms with van der Waals surface area (Å²) in [6.07, 6.45) is 3.50. The van der Waals surface area contributed by atoms with E-state index >= 15 is 0 Å². The van der Waals surface area contributed by atoms with Crippen LogP contribution in [0, 0.1) is 11.3 Å². The maximum absolute atomic E-state index is 13.0. The van der Waals surface area contributed by atoms with Gasteiger partial charge in [-0.2, -0.15) is 0 Å². The second-order valence-electron chi connectivity index (χ2n) is 7.97. The molecule has 1 aromatic carbocycles. The first kappa shape index (κ1) is 16.1. The zero-order chi connectivity index (χ0) is 16.6. The Labute approximate surface area is 145 Å². The highest BCUT2D eigenvalue weighted by Gasteiger charge is 2.59. The predicted octanol–water partition coefficient (Wildman–Crippen LogP) is 2.11. The number of amides is 1. The molecule has 2 saturated heterocycles. The topological polar surface area (TPSA) is 35.6 Å². The number of piperidine rings is 1. The van der Waals surface area contributed by atoms with Crippen molar-refractivity contribution >= 4 is 5.91 Å². The highest BCUT2D eigenvalue weighted by molar-refractivity contribution is 5.83. The van der Waals surface area contributed by atoms with Gasteiger partial charge in [-0.05, 0) is 50.3 Å². The van der Waals surface area contributed by atoms with Gasteiger partial charge in [0.1, 0.15) is 0 Å². The SMILES string of the molecule is C[C@@H]1CN(Cc2ccccc2)CCN1C(=O)C1CC12CCNCC2. The minimum Gasteiger partial charge on any atom is -0.337 e. The van der Waals surface area contributed by atoms with E-state index in [0.29, 0.717) is 23.3 Å². The molecule has 1 aromatic rings. The number of hydrogen-bond acceptors (Lipinski definition) is 3. The molecule has 1 aliphatic carbocycles. The Morgan fingerprint density at radius 3 is 2.67 bits per heavy atom. The molecule has 4 rings (SSSR count). The van der Waals surface area contributed by atoms with Gasteiger partial charge >= 0.3 is 0 Å². The van der Waals surface area contributed by atoms with E-state index in [0.717, 1.165) is 45.7 Å². The lowest BCUT2D eigenvalue weighted by Gasteiger charge is -2.40. The van der Waals surface area contributed by atoms with Crippen molar-refractivity contribution in [3.8, 4) is 0 Å². The fourth-order valence-corrected chi connectivity index (χ4v) is 4.72. The van der Waals surface area contributed by atoms with E-state index in [4.69, 9.17) is 0 Å². The Morgan fingerprint density at radius 2 is 1.96 bits per heavy atom. The maximum Gasteiger partial charge on any atom is 0.226 e. The molecule has 3 aliphatic rings. The normalized spacial score (nSPS) is 29.6. The highest BCUT2D eigenvalue weighted by atomic mass is 16.2. The van der Waals surface area contributed by atoms with E-state index < -0.39 is 0 Å². The summed E-state index contributed by atoms with van der Waals surface area (Å²) in [4.78, 5) is 17.6. The summed E-state index contributed by atoms with van der Waals surface area (Å²) < 4.78 is 0. The van der Waals surface area contributed by atoms with Gasteiger partial charge in [-0.1, -0.05) is 30.3 Å². The molecule has 4 heteroatoms. The molecule has 4 nitrogen and oxygen atoms in total. The average Bonchev–Trinajstić information content (AvgIpc) is 3.29. The van der Waals surface area contributed by atoms with Crippen molar-refractivity contribution in [3.63, 3.8) is 0 Å². The van der Waals surface area contributed by atoms with Crippen molar-refractivity contribution in [1.29, 1.82) is 0 Å². The Bertz CT molecular complexity index is 582. The summed E-state index contributed by atoms with van der Waals surface area (Å²) >= 11 is 0. The first-order chi connectivity index (χ1) is 11.7. The van der Waals surface area contributed by atoms with Crippen molar-refractivity contribution in [2.45, 2.75) is 38.8 Å². The lowest BCUT2D eigenvalue weighted by molar-refractivity contribution is -0.138. The summed E-state index contributed by atoms with van der Waals surface area (Å²) in [6, 6.07) is 11.0. The third-order valence-electron chi connectivity index (χ3n) is 6.33. The van der Waals surface area contributed by atoms with Gasteiger partial charge in [-0.15, -0.1) is 0 Å². The minimum absolute atomic E-state index is 0.308. The van der Waals surface area contributed by atoms with Gasteiger partial charge in [0.15, 0.2) is 0 Å². The van der Waals surface area contributed by atoms with E-state index in [2.05, 4.69) is 52.4 Å². The number of rotatable bonds is 3. The predicted molar refractivity (Wildman–Crippen MR) is 95.5 cm³/mol. The third-order valence-corrected chi connectivity index (χ3v) is 6.33. The van der Waals surface area contributed by atoms with Gasteiger partial charge in [0, 0.05) is 38.1 Å². The van der Waals surface area contributed by atoms with Crippen LogP contribution in [0.5, 0.6) is 0 Å². The molecule has 130 valence electrons. The number of carbonyl (C=O) groups excluding carboxylic acids is 1. The van der Waals surface area contributed by atoms with Gasteiger partial charge < -0.3 is 10.2 Å². The van der Waals surface area contributed by atoms with Crippen LogP contribution in [0.1, 0.15) is 31.7 Å². The first-order valence-electron chi connectivity index (χ1n) is 9.45. The van der Waals surface area contributed by atoms with Gasteiger partial charge in [-0.25, -0.2) is 0 Å². The molecule has 1 spiro atoms. The van der Waals surface area contributed by atoms with Crippen LogP contribution in [0.4, 0.5) is 0 Å². The first-order valence-corrected chi connectivity index (χ1v) is 9.45. The molecule has 1 saturated carbocycles. The van der Waals surface area contributed by atoms with Crippen LogP contribution in [0.25, 0.3) is 0 Å². The fourth-order valence-electron chi connectivity index (χ4n) is 4.72. The van der Waals surface area contributed by atoms with Crippen molar-refractivity contribution in [2.24, 2.45) is 11.3 Å². The number of piperazine rings is 1. The zero-order valence-corrected chi connectivity index (χ0v) is 14.7. The van der Waals surface area contributed by atoms with Crippen LogP contribution >= 0.6 is 0 Å². The molecule has 3 fully saturated rings. The Balaban J connectivity index is 1.33. The van der Waals surface area contributed by atoms with Crippen LogP contribution in [0.15, 0.2) is 30.3 Å². The Morgan fingerprint density at radius 1 is 1.21 bits per heavy atom. The largest absolute Gasteiger partial charge is 0.337 e. The zero-order valence-electron chi connectivity index (χ0n) is 14.7. The smallest absolute Gasteiger partial charge is 0.226 e. The molecular weight excluding hydrogens is 298 g/mol. The fraction of sp³-hybridized carbons (Fsp3) is 0.650. The van der Waals surface area contributed by atoms with E-state index in [1.165, 1.54) is 18.4 Å². The van der Waals surface area contributed by atoms with Crippen LogP contribution in [-0.2, 0) is 11.3 Å². The van der Waals surface area contributed by atoms with Crippen LogP contribution in [0.3, 0.4) is 0 Å². The quantitative estimate of drug-likeness (QED) is 0.924. The molecule has 0 bridgehead atoms. The van der Waals surface area contributed by atoms with E-state index in [9.17, 15) is 4.79 Å². The summed E-state index contributed by atoms with van der Waals surface area (Å²) in [7, 11) is 0. The molecule has 1 amide bonds.